The van der Waals surface area contributed by atoms with E-state index in [0.717, 1.165) is 11.1 Å². The number of carbonyl (C=O) groups is 1. The second kappa shape index (κ2) is 2.77. The Kier molecular flexibility index (Phi) is 1.54. The number of aromatic nitrogens is 3. The van der Waals surface area contributed by atoms with Crippen LogP contribution in [0.1, 0.15) is 9.67 Å². The molecule has 0 atom stereocenters. The number of fused-ring (bicyclic) bond motifs is 3. The van der Waals surface area contributed by atoms with Crippen molar-refractivity contribution in [3.8, 4) is 0 Å². The highest BCUT2D eigenvalue weighted by Crippen LogP contribution is 2.21. The van der Waals surface area contributed by atoms with Crippen LogP contribution in [-0.4, -0.2) is 20.7 Å². The molecule has 3 rings (SSSR count). The lowest BCUT2D eigenvalue weighted by Gasteiger charge is -1.93. The van der Waals surface area contributed by atoms with Crippen molar-refractivity contribution in [2.45, 2.75) is 0 Å². The molecule has 0 unspecified atom stereocenters. The zero-order valence-electron chi connectivity index (χ0n) is 7.43. The standard InChI is InChI=1S/C9H5N3O2S/c13-4-5-3-6-9(15-5)12-2-1-10-7(12)8(14)11-6/h1-4H,(H,11,14). The van der Waals surface area contributed by atoms with Crippen molar-refractivity contribution in [2.75, 3.05) is 0 Å². The molecule has 0 spiro atoms. The number of imidazole rings is 1. The highest BCUT2D eigenvalue weighted by molar-refractivity contribution is 7.20. The van der Waals surface area contributed by atoms with Crippen molar-refractivity contribution < 1.29 is 4.79 Å². The zero-order valence-corrected chi connectivity index (χ0v) is 8.25. The van der Waals surface area contributed by atoms with Gasteiger partial charge in [0.1, 0.15) is 4.83 Å². The molecule has 0 radical (unpaired) electrons. The topological polar surface area (TPSA) is 67.2 Å². The lowest BCUT2D eigenvalue weighted by atomic mass is 10.4. The SMILES string of the molecule is O=Cc1cc2[nH]c(=O)c3nccn3c2s1. The van der Waals surface area contributed by atoms with Gasteiger partial charge < -0.3 is 4.98 Å². The van der Waals surface area contributed by atoms with Crippen molar-refractivity contribution in [2.24, 2.45) is 0 Å². The summed E-state index contributed by atoms with van der Waals surface area (Å²) in [7, 11) is 0. The van der Waals surface area contributed by atoms with Gasteiger partial charge >= 0.3 is 0 Å². The number of thiophene rings is 1. The summed E-state index contributed by atoms with van der Waals surface area (Å²) in [5.74, 6) is 0. The second-order valence-electron chi connectivity index (χ2n) is 3.06. The third-order valence-electron chi connectivity index (χ3n) is 2.16. The third-order valence-corrected chi connectivity index (χ3v) is 3.22. The molecule has 0 aliphatic heterocycles. The number of nitrogens with zero attached hydrogens (tertiary/aromatic N) is 2. The highest BCUT2D eigenvalue weighted by Gasteiger charge is 2.08. The lowest BCUT2D eigenvalue weighted by Crippen LogP contribution is -2.09. The van der Waals surface area contributed by atoms with Crippen LogP contribution in [0.4, 0.5) is 0 Å². The molecule has 3 aromatic rings. The lowest BCUT2D eigenvalue weighted by molar-refractivity contribution is 0.112. The largest absolute Gasteiger partial charge is 0.317 e. The van der Waals surface area contributed by atoms with Gasteiger partial charge in [-0.2, -0.15) is 0 Å². The molecule has 6 heteroatoms. The van der Waals surface area contributed by atoms with E-state index in [1.165, 1.54) is 11.3 Å². The number of rotatable bonds is 1. The van der Waals surface area contributed by atoms with E-state index in [1.807, 2.05) is 0 Å². The summed E-state index contributed by atoms with van der Waals surface area (Å²) in [5, 5.41) is 0. The van der Waals surface area contributed by atoms with Crippen LogP contribution in [0.3, 0.4) is 0 Å². The fourth-order valence-corrected chi connectivity index (χ4v) is 2.45. The minimum absolute atomic E-state index is 0.247. The molecule has 3 aromatic heterocycles. The Morgan fingerprint density at radius 2 is 2.40 bits per heavy atom. The minimum Gasteiger partial charge on any atom is -0.317 e. The van der Waals surface area contributed by atoms with Crippen LogP contribution in [0.5, 0.6) is 0 Å². The molecule has 0 amide bonds. The maximum Gasteiger partial charge on any atom is 0.292 e. The molecular formula is C9H5N3O2S. The fraction of sp³-hybridized carbons (Fsp3) is 0. The van der Waals surface area contributed by atoms with E-state index in [0.29, 0.717) is 16.0 Å². The Hall–Kier alpha value is -1.95. The molecule has 0 aliphatic rings. The molecule has 1 N–H and O–H groups in total. The monoisotopic (exact) mass is 219 g/mol. The quantitative estimate of drug-likeness (QED) is 0.622. The average Bonchev–Trinajstić information content (AvgIpc) is 2.80. The smallest absolute Gasteiger partial charge is 0.292 e. The molecule has 74 valence electrons. The third kappa shape index (κ3) is 1.05. The second-order valence-corrected chi connectivity index (χ2v) is 4.12. The number of aromatic amines is 1. The van der Waals surface area contributed by atoms with E-state index in [1.54, 1.807) is 22.9 Å². The molecule has 0 bridgehead atoms. The van der Waals surface area contributed by atoms with E-state index in [4.69, 9.17) is 0 Å². The van der Waals surface area contributed by atoms with Crippen LogP contribution in [0.2, 0.25) is 0 Å². The Morgan fingerprint density at radius 1 is 1.53 bits per heavy atom. The van der Waals surface area contributed by atoms with Crippen molar-refractivity contribution in [1.82, 2.24) is 14.4 Å². The first-order valence-corrected chi connectivity index (χ1v) is 5.05. The van der Waals surface area contributed by atoms with Crippen molar-refractivity contribution in [3.63, 3.8) is 0 Å². The summed E-state index contributed by atoms with van der Waals surface area (Å²) in [4.78, 5) is 30.2. The first kappa shape index (κ1) is 8.37. The van der Waals surface area contributed by atoms with Gasteiger partial charge in [0, 0.05) is 12.4 Å². The van der Waals surface area contributed by atoms with Crippen LogP contribution in [0.15, 0.2) is 23.3 Å². The number of H-pyrrole nitrogens is 1. The molecule has 0 saturated carbocycles. The number of hydrogen-bond donors (Lipinski definition) is 1. The van der Waals surface area contributed by atoms with Crippen LogP contribution < -0.4 is 5.56 Å². The van der Waals surface area contributed by atoms with Gasteiger partial charge in [0.2, 0.25) is 5.65 Å². The summed E-state index contributed by atoms with van der Waals surface area (Å²) in [5.41, 5.74) is 0.766. The van der Waals surface area contributed by atoms with E-state index >= 15 is 0 Å². The maximum absolute atomic E-state index is 11.5. The molecule has 0 fully saturated rings. The number of hydrogen-bond acceptors (Lipinski definition) is 4. The Balaban J connectivity index is 2.63. The predicted octanol–water partition coefficient (Wildman–Crippen LogP) is 1.05. The Morgan fingerprint density at radius 3 is 3.20 bits per heavy atom. The molecule has 0 aromatic carbocycles. The molecule has 3 heterocycles. The van der Waals surface area contributed by atoms with E-state index in [9.17, 15) is 9.59 Å². The summed E-state index contributed by atoms with van der Waals surface area (Å²) in [6, 6.07) is 1.66. The molecular weight excluding hydrogens is 214 g/mol. The zero-order chi connectivity index (χ0) is 10.4. The molecule has 0 aliphatic carbocycles. The maximum atomic E-state index is 11.5. The first-order valence-electron chi connectivity index (χ1n) is 4.23. The normalized spacial score (nSPS) is 11.2. The van der Waals surface area contributed by atoms with Gasteiger partial charge in [-0.3, -0.25) is 14.0 Å². The van der Waals surface area contributed by atoms with E-state index in [-0.39, 0.29) is 5.56 Å². The fourth-order valence-electron chi connectivity index (χ4n) is 1.54. The van der Waals surface area contributed by atoms with Crippen molar-refractivity contribution >= 4 is 33.6 Å². The van der Waals surface area contributed by atoms with Crippen LogP contribution in [-0.2, 0) is 0 Å². The van der Waals surface area contributed by atoms with Gasteiger partial charge in [0.05, 0.1) is 10.4 Å². The average molecular weight is 219 g/mol. The van der Waals surface area contributed by atoms with Gasteiger partial charge in [-0.1, -0.05) is 0 Å². The van der Waals surface area contributed by atoms with Gasteiger partial charge in [-0.15, -0.1) is 11.3 Å². The Labute approximate surface area is 87.0 Å². The van der Waals surface area contributed by atoms with Gasteiger partial charge in [0.25, 0.3) is 5.56 Å². The van der Waals surface area contributed by atoms with E-state index < -0.39 is 0 Å². The van der Waals surface area contributed by atoms with E-state index in [2.05, 4.69) is 9.97 Å². The highest BCUT2D eigenvalue weighted by atomic mass is 32.1. The van der Waals surface area contributed by atoms with Crippen LogP contribution in [0.25, 0.3) is 16.0 Å². The minimum atomic E-state index is -0.247. The predicted molar refractivity (Wildman–Crippen MR) is 56.6 cm³/mol. The van der Waals surface area contributed by atoms with Crippen molar-refractivity contribution in [1.29, 1.82) is 0 Å². The van der Waals surface area contributed by atoms with Crippen LogP contribution >= 0.6 is 11.3 Å². The summed E-state index contributed by atoms with van der Waals surface area (Å²) >= 11 is 1.32. The number of aldehydes is 1. The van der Waals surface area contributed by atoms with Gasteiger partial charge in [0.15, 0.2) is 6.29 Å². The van der Waals surface area contributed by atoms with Gasteiger partial charge in [-0.05, 0) is 6.07 Å². The summed E-state index contributed by atoms with van der Waals surface area (Å²) < 4.78 is 1.69. The summed E-state index contributed by atoms with van der Waals surface area (Å²) in [6.45, 7) is 0. The molecule has 5 nitrogen and oxygen atoms in total. The van der Waals surface area contributed by atoms with Crippen molar-refractivity contribution in [3.05, 3.63) is 33.7 Å². The summed E-state index contributed by atoms with van der Waals surface area (Å²) in [6.07, 6.45) is 4.04. The number of nitrogens with one attached hydrogen (secondary N) is 1. The number of carbonyl (C=O) groups excluding carboxylic acids is 1. The molecule has 0 saturated heterocycles. The first-order chi connectivity index (χ1) is 7.29. The van der Waals surface area contributed by atoms with Gasteiger partial charge in [-0.25, -0.2) is 4.98 Å². The van der Waals surface area contributed by atoms with Crippen LogP contribution in [0, 0.1) is 0 Å². The molecule has 15 heavy (non-hydrogen) atoms. The Bertz CT molecular complexity index is 722.